The van der Waals surface area contributed by atoms with Crippen molar-refractivity contribution >= 4 is 23.2 Å². The number of aryl methyl sites for hydroxylation is 1. The van der Waals surface area contributed by atoms with Crippen LogP contribution in [-0.4, -0.2) is 15.9 Å². The summed E-state index contributed by atoms with van der Waals surface area (Å²) in [7, 11) is 0. The molecule has 1 aromatic heterocycles. The Hall–Kier alpha value is -3.42. The number of rotatable bonds is 4. The average Bonchev–Trinajstić information content (AvgIpc) is 2.57. The molecule has 1 amide bonds. The lowest BCUT2D eigenvalue weighted by molar-refractivity contribution is 0.102. The maximum Gasteiger partial charge on any atom is 0.274 e. The first kappa shape index (κ1) is 17.4. The van der Waals surface area contributed by atoms with Crippen LogP contribution < -0.4 is 10.6 Å². The molecule has 0 saturated carbocycles. The van der Waals surface area contributed by atoms with Gasteiger partial charge in [0.25, 0.3) is 5.91 Å². The van der Waals surface area contributed by atoms with Crippen molar-refractivity contribution < 1.29 is 18.0 Å². The molecule has 0 unspecified atom stereocenters. The first-order chi connectivity index (χ1) is 12.4. The van der Waals surface area contributed by atoms with Gasteiger partial charge >= 0.3 is 0 Å². The zero-order valence-corrected chi connectivity index (χ0v) is 13.6. The van der Waals surface area contributed by atoms with E-state index in [-0.39, 0.29) is 17.3 Å². The summed E-state index contributed by atoms with van der Waals surface area (Å²) in [6.45, 7) is 1.66. The molecule has 0 aliphatic heterocycles. The zero-order chi connectivity index (χ0) is 18.7. The molecule has 0 radical (unpaired) electrons. The van der Waals surface area contributed by atoms with Crippen LogP contribution in [0.4, 0.5) is 30.5 Å². The fourth-order valence-electron chi connectivity index (χ4n) is 2.21. The van der Waals surface area contributed by atoms with Gasteiger partial charge in [-0.1, -0.05) is 6.07 Å². The Bertz CT molecular complexity index is 978. The van der Waals surface area contributed by atoms with E-state index in [1.54, 1.807) is 13.0 Å². The molecule has 0 atom stereocenters. The molecular formula is C18H13F3N4O. The lowest BCUT2D eigenvalue weighted by atomic mass is 10.2. The van der Waals surface area contributed by atoms with Crippen molar-refractivity contribution in [2.45, 2.75) is 6.92 Å². The van der Waals surface area contributed by atoms with Gasteiger partial charge in [-0.2, -0.15) is 0 Å². The Kier molecular flexibility index (Phi) is 4.83. The highest BCUT2D eigenvalue weighted by Gasteiger charge is 2.12. The maximum absolute atomic E-state index is 13.3. The monoisotopic (exact) mass is 358 g/mol. The highest BCUT2D eigenvalue weighted by atomic mass is 19.2. The lowest BCUT2D eigenvalue weighted by Gasteiger charge is -2.09. The standard InChI is InChI=1S/C18H13F3N4O/c1-10-7-16(17(26)23-13-5-6-14(20)15(21)9-13)25-18(22-10)24-12-4-2-3-11(19)8-12/h2-9H,1H3,(H,23,26)(H,22,24,25). The van der Waals surface area contributed by atoms with Crippen molar-refractivity contribution in [1.29, 1.82) is 0 Å². The number of aromatic nitrogens is 2. The molecule has 0 bridgehead atoms. The van der Waals surface area contributed by atoms with E-state index in [1.807, 2.05) is 0 Å². The molecule has 3 rings (SSSR count). The van der Waals surface area contributed by atoms with E-state index >= 15 is 0 Å². The van der Waals surface area contributed by atoms with Gasteiger partial charge in [-0.05, 0) is 43.3 Å². The van der Waals surface area contributed by atoms with Gasteiger partial charge in [0.05, 0.1) is 0 Å². The molecule has 0 aliphatic carbocycles. The molecule has 0 fully saturated rings. The summed E-state index contributed by atoms with van der Waals surface area (Å²) in [5.74, 6) is -3.04. The molecule has 1 heterocycles. The third kappa shape index (κ3) is 4.15. The fourth-order valence-corrected chi connectivity index (χ4v) is 2.21. The van der Waals surface area contributed by atoms with Gasteiger partial charge in [-0.25, -0.2) is 23.1 Å². The van der Waals surface area contributed by atoms with Crippen molar-refractivity contribution in [3.8, 4) is 0 Å². The summed E-state index contributed by atoms with van der Waals surface area (Å²) in [6.07, 6.45) is 0. The molecule has 0 aliphatic rings. The number of halogens is 3. The number of hydrogen-bond donors (Lipinski definition) is 2. The molecule has 2 aromatic carbocycles. The van der Waals surface area contributed by atoms with Gasteiger partial charge in [0.2, 0.25) is 5.95 Å². The minimum atomic E-state index is -1.07. The van der Waals surface area contributed by atoms with Gasteiger partial charge in [-0.15, -0.1) is 0 Å². The second kappa shape index (κ2) is 7.22. The predicted molar refractivity (Wildman–Crippen MR) is 90.8 cm³/mol. The second-order valence-corrected chi connectivity index (χ2v) is 5.44. The number of carbonyl (C=O) groups excluding carboxylic acids is 1. The normalized spacial score (nSPS) is 10.5. The molecule has 8 heteroatoms. The Morgan fingerprint density at radius 3 is 2.46 bits per heavy atom. The number of nitrogens with one attached hydrogen (secondary N) is 2. The van der Waals surface area contributed by atoms with E-state index in [9.17, 15) is 18.0 Å². The van der Waals surface area contributed by atoms with Crippen molar-refractivity contribution in [2.24, 2.45) is 0 Å². The van der Waals surface area contributed by atoms with Crippen LogP contribution in [0, 0.1) is 24.4 Å². The van der Waals surface area contributed by atoms with Crippen LogP contribution in [0.25, 0.3) is 0 Å². The molecule has 5 nitrogen and oxygen atoms in total. The minimum absolute atomic E-state index is 0.0149. The summed E-state index contributed by atoms with van der Waals surface area (Å²) >= 11 is 0. The van der Waals surface area contributed by atoms with E-state index in [0.29, 0.717) is 11.4 Å². The van der Waals surface area contributed by atoms with Crippen LogP contribution in [0.3, 0.4) is 0 Å². The predicted octanol–water partition coefficient (Wildman–Crippen LogP) is 4.20. The van der Waals surface area contributed by atoms with Gasteiger partial charge in [0, 0.05) is 23.1 Å². The number of benzene rings is 2. The first-order valence-corrected chi connectivity index (χ1v) is 7.55. The molecule has 0 spiro atoms. The number of hydrogen-bond acceptors (Lipinski definition) is 4. The summed E-state index contributed by atoms with van der Waals surface area (Å²) in [5.41, 5.74) is 1.02. The smallest absolute Gasteiger partial charge is 0.274 e. The molecular weight excluding hydrogens is 345 g/mol. The largest absolute Gasteiger partial charge is 0.324 e. The minimum Gasteiger partial charge on any atom is -0.324 e. The quantitative estimate of drug-likeness (QED) is 0.734. The van der Waals surface area contributed by atoms with Crippen LogP contribution in [-0.2, 0) is 0 Å². The van der Waals surface area contributed by atoms with Gasteiger partial charge in [-0.3, -0.25) is 4.79 Å². The fraction of sp³-hybridized carbons (Fsp3) is 0.0556. The summed E-state index contributed by atoms with van der Waals surface area (Å²) < 4.78 is 39.5. The van der Waals surface area contributed by atoms with Gasteiger partial charge in [0.15, 0.2) is 11.6 Å². The Morgan fingerprint density at radius 2 is 1.73 bits per heavy atom. The highest BCUT2D eigenvalue weighted by Crippen LogP contribution is 2.17. The third-order valence-corrected chi connectivity index (χ3v) is 3.35. The van der Waals surface area contributed by atoms with Crippen molar-refractivity contribution in [2.75, 3.05) is 10.6 Å². The number of nitrogens with zero attached hydrogens (tertiary/aromatic N) is 2. The Morgan fingerprint density at radius 1 is 0.923 bits per heavy atom. The topological polar surface area (TPSA) is 66.9 Å². The number of anilines is 3. The van der Waals surface area contributed by atoms with E-state index in [0.717, 1.165) is 12.1 Å². The SMILES string of the molecule is Cc1cc(C(=O)Nc2ccc(F)c(F)c2)nc(Nc2cccc(F)c2)n1. The van der Waals surface area contributed by atoms with Gasteiger partial charge in [0.1, 0.15) is 11.5 Å². The van der Waals surface area contributed by atoms with Crippen LogP contribution in [0.1, 0.15) is 16.2 Å². The first-order valence-electron chi connectivity index (χ1n) is 7.55. The number of amides is 1. The van der Waals surface area contributed by atoms with E-state index in [2.05, 4.69) is 20.6 Å². The highest BCUT2D eigenvalue weighted by molar-refractivity contribution is 6.03. The van der Waals surface area contributed by atoms with Crippen LogP contribution in [0.2, 0.25) is 0 Å². The lowest BCUT2D eigenvalue weighted by Crippen LogP contribution is -2.15. The van der Waals surface area contributed by atoms with E-state index < -0.39 is 23.4 Å². The molecule has 3 aromatic rings. The van der Waals surface area contributed by atoms with Crippen LogP contribution >= 0.6 is 0 Å². The van der Waals surface area contributed by atoms with Crippen molar-refractivity contribution in [3.05, 3.63) is 77.4 Å². The summed E-state index contributed by atoms with van der Waals surface area (Å²) in [6, 6.07) is 10.1. The van der Waals surface area contributed by atoms with Gasteiger partial charge < -0.3 is 10.6 Å². The Labute approximate surface area is 146 Å². The Balaban J connectivity index is 1.82. The van der Waals surface area contributed by atoms with Crippen molar-refractivity contribution in [3.63, 3.8) is 0 Å². The third-order valence-electron chi connectivity index (χ3n) is 3.35. The molecule has 2 N–H and O–H groups in total. The van der Waals surface area contributed by atoms with Crippen LogP contribution in [0.5, 0.6) is 0 Å². The van der Waals surface area contributed by atoms with Crippen molar-refractivity contribution in [1.82, 2.24) is 9.97 Å². The van der Waals surface area contributed by atoms with E-state index in [4.69, 9.17) is 0 Å². The second-order valence-electron chi connectivity index (χ2n) is 5.44. The summed E-state index contributed by atoms with van der Waals surface area (Å²) in [5, 5.41) is 5.24. The summed E-state index contributed by atoms with van der Waals surface area (Å²) in [4.78, 5) is 20.5. The molecule has 132 valence electrons. The van der Waals surface area contributed by atoms with Crippen LogP contribution in [0.15, 0.2) is 48.5 Å². The molecule has 0 saturated heterocycles. The maximum atomic E-state index is 13.3. The molecule has 26 heavy (non-hydrogen) atoms. The number of carbonyl (C=O) groups is 1. The van der Waals surface area contributed by atoms with E-state index in [1.165, 1.54) is 30.3 Å². The zero-order valence-electron chi connectivity index (χ0n) is 13.6. The average molecular weight is 358 g/mol.